The monoisotopic (exact) mass is 413 g/mol. The zero-order valence-corrected chi connectivity index (χ0v) is 17.1. The molecule has 0 unspecified atom stereocenters. The van der Waals surface area contributed by atoms with E-state index in [2.05, 4.69) is 16.4 Å². The van der Waals surface area contributed by atoms with E-state index in [1.165, 1.54) is 11.3 Å². The van der Waals surface area contributed by atoms with Crippen LogP contribution < -0.4 is 16.8 Å². The molecular formula is C20H20ClN5OS. The summed E-state index contributed by atoms with van der Waals surface area (Å²) in [7, 11) is 0. The highest BCUT2D eigenvalue weighted by molar-refractivity contribution is 7.21. The highest BCUT2D eigenvalue weighted by Crippen LogP contribution is 2.40. The van der Waals surface area contributed by atoms with E-state index < -0.39 is 0 Å². The summed E-state index contributed by atoms with van der Waals surface area (Å²) in [6, 6.07) is 9.62. The molecule has 0 spiro atoms. The molecule has 0 aliphatic rings. The van der Waals surface area contributed by atoms with Gasteiger partial charge in [-0.05, 0) is 35.6 Å². The Hall–Kier alpha value is -2.82. The highest BCUT2D eigenvalue weighted by atomic mass is 35.5. The third-order valence-electron chi connectivity index (χ3n) is 4.43. The number of nitriles is 1. The topological polar surface area (TPSA) is 118 Å². The average molecular weight is 414 g/mol. The summed E-state index contributed by atoms with van der Waals surface area (Å²) in [5.41, 5.74) is 14.7. The van der Waals surface area contributed by atoms with Crippen LogP contribution in [-0.4, -0.2) is 17.4 Å². The molecule has 0 atom stereocenters. The number of pyridine rings is 1. The van der Waals surface area contributed by atoms with Crippen LogP contribution in [0.4, 0.5) is 11.5 Å². The van der Waals surface area contributed by atoms with Crippen molar-refractivity contribution in [1.82, 2.24) is 10.3 Å². The Morgan fingerprint density at radius 3 is 2.79 bits per heavy atom. The Labute approximate surface area is 172 Å². The fourth-order valence-electron chi connectivity index (χ4n) is 3.16. The van der Waals surface area contributed by atoms with Gasteiger partial charge in [-0.15, -0.1) is 11.3 Å². The molecule has 0 fully saturated rings. The number of carbonyl (C=O) groups excluding carboxylic acids is 1. The van der Waals surface area contributed by atoms with E-state index in [1.54, 1.807) is 0 Å². The van der Waals surface area contributed by atoms with E-state index in [0.29, 0.717) is 44.3 Å². The molecule has 2 aromatic heterocycles. The number of thiophene rings is 1. The summed E-state index contributed by atoms with van der Waals surface area (Å²) in [5, 5.41) is 13.7. The Balaban J connectivity index is 1.89. The number of nitrogens with one attached hydrogen (secondary N) is 1. The minimum Gasteiger partial charge on any atom is -0.397 e. The quantitative estimate of drug-likeness (QED) is 0.582. The van der Waals surface area contributed by atoms with E-state index in [-0.39, 0.29) is 17.6 Å². The number of halogens is 1. The molecule has 8 heteroatoms. The lowest BCUT2D eigenvalue weighted by molar-refractivity contribution is 0.0959. The first-order chi connectivity index (χ1) is 13.3. The molecule has 5 N–H and O–H groups in total. The zero-order valence-electron chi connectivity index (χ0n) is 15.5. The number of nitrogen functional groups attached to an aromatic ring is 2. The van der Waals surface area contributed by atoms with Crippen molar-refractivity contribution in [3.63, 3.8) is 0 Å². The van der Waals surface area contributed by atoms with Crippen molar-refractivity contribution < 1.29 is 4.79 Å². The predicted molar refractivity (Wildman–Crippen MR) is 115 cm³/mol. The first kappa shape index (κ1) is 19.9. The van der Waals surface area contributed by atoms with Crippen LogP contribution in [0.25, 0.3) is 10.2 Å². The third-order valence-corrected chi connectivity index (χ3v) is 5.76. The van der Waals surface area contributed by atoms with Gasteiger partial charge < -0.3 is 16.8 Å². The van der Waals surface area contributed by atoms with Crippen LogP contribution in [0.1, 0.15) is 46.1 Å². The van der Waals surface area contributed by atoms with Gasteiger partial charge in [0, 0.05) is 17.0 Å². The Morgan fingerprint density at radius 2 is 2.14 bits per heavy atom. The largest absolute Gasteiger partial charge is 0.397 e. The van der Waals surface area contributed by atoms with Crippen LogP contribution in [-0.2, 0) is 6.42 Å². The Kier molecular flexibility index (Phi) is 5.73. The minimum atomic E-state index is -0.269. The average Bonchev–Trinajstić information content (AvgIpc) is 2.96. The van der Waals surface area contributed by atoms with Crippen molar-refractivity contribution in [3.8, 4) is 6.07 Å². The summed E-state index contributed by atoms with van der Waals surface area (Å²) in [4.78, 5) is 17.9. The number of nitrogens with zero attached hydrogens (tertiary/aromatic N) is 2. The van der Waals surface area contributed by atoms with Gasteiger partial charge in [-0.2, -0.15) is 5.26 Å². The summed E-state index contributed by atoms with van der Waals surface area (Å²) in [6.45, 7) is 4.36. The lowest BCUT2D eigenvalue weighted by Crippen LogP contribution is -2.25. The molecule has 1 aromatic carbocycles. The maximum Gasteiger partial charge on any atom is 0.263 e. The molecular weight excluding hydrogens is 394 g/mol. The van der Waals surface area contributed by atoms with Gasteiger partial charge in [0.25, 0.3) is 5.91 Å². The first-order valence-corrected chi connectivity index (χ1v) is 9.97. The van der Waals surface area contributed by atoms with E-state index in [0.717, 1.165) is 11.1 Å². The molecule has 0 bridgehead atoms. The van der Waals surface area contributed by atoms with Crippen LogP contribution in [0.15, 0.2) is 24.3 Å². The molecule has 0 radical (unpaired) electrons. The number of fused-ring (bicyclic) bond motifs is 1. The molecule has 1 amide bonds. The SMILES string of the molecule is CC(C)c1c(C#N)c(N)nc2sc(C(=O)NCCc3cccc(Cl)c3)c(N)c12. The number of carbonyl (C=O) groups is 1. The molecule has 3 rings (SSSR count). The van der Waals surface area contributed by atoms with E-state index >= 15 is 0 Å². The van der Waals surface area contributed by atoms with Crippen molar-refractivity contribution in [1.29, 1.82) is 5.26 Å². The second-order valence-electron chi connectivity index (χ2n) is 6.71. The van der Waals surface area contributed by atoms with Gasteiger partial charge in [0.1, 0.15) is 21.6 Å². The molecule has 0 aliphatic carbocycles. The van der Waals surface area contributed by atoms with Gasteiger partial charge in [0.2, 0.25) is 0 Å². The van der Waals surface area contributed by atoms with E-state index in [1.807, 2.05) is 38.1 Å². The number of aromatic nitrogens is 1. The maximum absolute atomic E-state index is 12.7. The molecule has 0 saturated heterocycles. The van der Waals surface area contributed by atoms with Crippen molar-refractivity contribution in [2.45, 2.75) is 26.2 Å². The minimum absolute atomic E-state index is 0.0121. The number of hydrogen-bond acceptors (Lipinski definition) is 6. The van der Waals surface area contributed by atoms with E-state index in [4.69, 9.17) is 23.1 Å². The molecule has 2 heterocycles. The molecule has 0 saturated carbocycles. The fourth-order valence-corrected chi connectivity index (χ4v) is 4.40. The standard InChI is InChI=1S/C20H20ClN5OS/c1-10(2)14-13(9-22)18(24)26-20-15(14)16(23)17(28-20)19(27)25-7-6-11-4-3-5-12(21)8-11/h3-5,8,10H,6-7,23H2,1-2H3,(H2,24,26)(H,25,27). The highest BCUT2D eigenvalue weighted by Gasteiger charge is 2.24. The second-order valence-corrected chi connectivity index (χ2v) is 8.15. The number of benzene rings is 1. The van der Waals surface area contributed by atoms with E-state index in [9.17, 15) is 10.1 Å². The summed E-state index contributed by atoms with van der Waals surface area (Å²) >= 11 is 7.17. The Morgan fingerprint density at radius 1 is 1.39 bits per heavy atom. The second kappa shape index (κ2) is 8.05. The van der Waals surface area contributed by atoms with Crippen LogP contribution in [0.2, 0.25) is 5.02 Å². The van der Waals surface area contributed by atoms with Gasteiger partial charge in [0.15, 0.2) is 0 Å². The number of hydrogen-bond donors (Lipinski definition) is 3. The van der Waals surface area contributed by atoms with Crippen LogP contribution in [0, 0.1) is 11.3 Å². The normalized spacial score (nSPS) is 11.0. The summed E-state index contributed by atoms with van der Waals surface area (Å²) in [5.74, 6) is -0.0970. The van der Waals surface area contributed by atoms with Gasteiger partial charge in [-0.25, -0.2) is 4.98 Å². The van der Waals surface area contributed by atoms with Crippen molar-refractivity contribution >= 4 is 50.6 Å². The number of rotatable bonds is 5. The zero-order chi connectivity index (χ0) is 20.4. The molecule has 144 valence electrons. The van der Waals surface area contributed by atoms with Crippen LogP contribution in [0.3, 0.4) is 0 Å². The van der Waals surface area contributed by atoms with Crippen LogP contribution >= 0.6 is 22.9 Å². The summed E-state index contributed by atoms with van der Waals surface area (Å²) < 4.78 is 0. The van der Waals surface area contributed by atoms with Gasteiger partial charge >= 0.3 is 0 Å². The van der Waals surface area contributed by atoms with Gasteiger partial charge in [0.05, 0.1) is 11.3 Å². The van der Waals surface area contributed by atoms with Crippen molar-refractivity contribution in [2.75, 3.05) is 18.0 Å². The predicted octanol–water partition coefficient (Wildman–Crippen LogP) is 4.08. The first-order valence-electron chi connectivity index (χ1n) is 8.77. The van der Waals surface area contributed by atoms with Gasteiger partial charge in [-0.1, -0.05) is 37.6 Å². The molecule has 3 aromatic rings. The lowest BCUT2D eigenvalue weighted by atomic mass is 9.95. The number of anilines is 2. The maximum atomic E-state index is 12.7. The Bertz CT molecular complexity index is 1100. The van der Waals surface area contributed by atoms with Crippen molar-refractivity contribution in [2.24, 2.45) is 0 Å². The van der Waals surface area contributed by atoms with Gasteiger partial charge in [-0.3, -0.25) is 4.79 Å². The van der Waals surface area contributed by atoms with Crippen LogP contribution in [0.5, 0.6) is 0 Å². The molecule has 6 nitrogen and oxygen atoms in total. The summed E-state index contributed by atoms with van der Waals surface area (Å²) in [6.07, 6.45) is 0.651. The molecule has 0 aliphatic heterocycles. The number of amides is 1. The fraction of sp³-hybridized carbons (Fsp3) is 0.250. The van der Waals surface area contributed by atoms with Crippen molar-refractivity contribution in [3.05, 3.63) is 50.9 Å². The number of nitrogens with two attached hydrogens (primary N) is 2. The lowest BCUT2D eigenvalue weighted by Gasteiger charge is -2.12. The smallest absolute Gasteiger partial charge is 0.263 e. The molecule has 28 heavy (non-hydrogen) atoms. The third kappa shape index (κ3) is 3.75.